The Morgan fingerprint density at radius 3 is 2.33 bits per heavy atom. The van der Waals surface area contributed by atoms with Crippen LogP contribution in [-0.2, 0) is 0 Å². The van der Waals surface area contributed by atoms with Crippen molar-refractivity contribution < 1.29 is 8.78 Å². The van der Waals surface area contributed by atoms with Gasteiger partial charge in [-0.1, -0.05) is 19.3 Å². The molecule has 0 aromatic rings. The topological polar surface area (TPSA) is 77.5 Å². The molecule has 1 aliphatic heterocycles. The largest absolute Gasteiger partial charge is 0.369 e. The van der Waals surface area contributed by atoms with Crippen LogP contribution in [0, 0.1) is 5.41 Å². The van der Waals surface area contributed by atoms with Gasteiger partial charge in [0, 0.05) is 32.0 Å². The normalized spacial score (nSPS) is 23.3. The molecule has 2 aliphatic rings. The highest BCUT2D eigenvalue weighted by atomic mass is 35.5. The SMILES string of the molecule is Cl.N=C(N=C(N)N1CCC(F)(F)CC1)NC1CCCCC1. The molecule has 0 radical (unpaired) electrons. The third-order valence-corrected chi connectivity index (χ3v) is 3.99. The minimum atomic E-state index is -2.59. The molecule has 122 valence electrons. The van der Waals surface area contributed by atoms with Crippen molar-refractivity contribution >= 4 is 24.3 Å². The fraction of sp³-hybridized carbons (Fsp3) is 0.846. The van der Waals surface area contributed by atoms with E-state index < -0.39 is 5.92 Å². The van der Waals surface area contributed by atoms with E-state index in [1.807, 2.05) is 0 Å². The number of hydrogen-bond acceptors (Lipinski definition) is 1. The minimum Gasteiger partial charge on any atom is -0.369 e. The molecule has 21 heavy (non-hydrogen) atoms. The molecular weight excluding hydrogens is 300 g/mol. The molecule has 1 heterocycles. The van der Waals surface area contributed by atoms with Gasteiger partial charge in [-0.3, -0.25) is 5.41 Å². The second-order valence-electron chi connectivity index (χ2n) is 5.64. The van der Waals surface area contributed by atoms with Gasteiger partial charge < -0.3 is 16.0 Å². The summed E-state index contributed by atoms with van der Waals surface area (Å²) in [6, 6.07) is 0.290. The van der Waals surface area contributed by atoms with E-state index in [1.165, 1.54) is 19.3 Å². The minimum absolute atomic E-state index is 0. The van der Waals surface area contributed by atoms with E-state index in [9.17, 15) is 8.78 Å². The number of piperidine rings is 1. The summed E-state index contributed by atoms with van der Waals surface area (Å²) in [5, 5.41) is 10.8. The number of aliphatic imine (C=N–C) groups is 1. The molecule has 0 spiro atoms. The monoisotopic (exact) mass is 323 g/mol. The Morgan fingerprint density at radius 1 is 1.19 bits per heavy atom. The predicted molar refractivity (Wildman–Crippen MR) is 82.4 cm³/mol. The number of alkyl halides is 2. The summed E-state index contributed by atoms with van der Waals surface area (Å²) in [6.07, 6.45) is 5.29. The van der Waals surface area contributed by atoms with Crippen LogP contribution in [0.4, 0.5) is 8.78 Å². The van der Waals surface area contributed by atoms with Crippen LogP contribution in [0.15, 0.2) is 4.99 Å². The molecule has 0 aromatic carbocycles. The van der Waals surface area contributed by atoms with Crippen molar-refractivity contribution in [2.45, 2.75) is 56.9 Å². The molecule has 0 unspecified atom stereocenters. The van der Waals surface area contributed by atoms with Crippen molar-refractivity contribution in [3.63, 3.8) is 0 Å². The van der Waals surface area contributed by atoms with Gasteiger partial charge >= 0.3 is 0 Å². The van der Waals surface area contributed by atoms with Crippen molar-refractivity contribution in [3.05, 3.63) is 0 Å². The molecule has 0 aromatic heterocycles. The molecular formula is C13H24ClF2N5. The Morgan fingerprint density at radius 2 is 1.76 bits per heavy atom. The van der Waals surface area contributed by atoms with Crippen LogP contribution in [0.3, 0.4) is 0 Å². The van der Waals surface area contributed by atoms with Crippen molar-refractivity contribution in [1.29, 1.82) is 5.41 Å². The first-order chi connectivity index (χ1) is 9.46. The first-order valence-corrected chi connectivity index (χ1v) is 7.28. The molecule has 5 nitrogen and oxygen atoms in total. The molecule has 4 N–H and O–H groups in total. The molecule has 8 heteroatoms. The summed E-state index contributed by atoms with van der Waals surface area (Å²) >= 11 is 0. The third kappa shape index (κ3) is 5.65. The van der Waals surface area contributed by atoms with Crippen LogP contribution >= 0.6 is 12.4 Å². The van der Waals surface area contributed by atoms with Crippen molar-refractivity contribution in [2.24, 2.45) is 10.7 Å². The molecule has 2 fully saturated rings. The first kappa shape index (κ1) is 17.9. The Labute approximate surface area is 130 Å². The lowest BCUT2D eigenvalue weighted by molar-refractivity contribution is -0.0435. The molecule has 1 aliphatic carbocycles. The number of guanidine groups is 2. The fourth-order valence-corrected chi connectivity index (χ4v) is 2.72. The smallest absolute Gasteiger partial charge is 0.251 e. The Hall–Kier alpha value is -1.11. The fourth-order valence-electron chi connectivity index (χ4n) is 2.72. The van der Waals surface area contributed by atoms with Gasteiger partial charge in [0.15, 0.2) is 5.96 Å². The van der Waals surface area contributed by atoms with Crippen LogP contribution < -0.4 is 11.1 Å². The first-order valence-electron chi connectivity index (χ1n) is 7.28. The zero-order valence-electron chi connectivity index (χ0n) is 12.1. The number of likely N-dealkylation sites (tertiary alicyclic amines) is 1. The number of hydrogen-bond donors (Lipinski definition) is 3. The van der Waals surface area contributed by atoms with Gasteiger partial charge in [0.05, 0.1) is 0 Å². The van der Waals surface area contributed by atoms with Gasteiger partial charge in [-0.2, -0.15) is 4.99 Å². The number of halogens is 3. The zero-order valence-corrected chi connectivity index (χ0v) is 12.9. The molecule has 1 saturated carbocycles. The Bertz CT molecular complexity index is 373. The number of rotatable bonds is 1. The summed E-state index contributed by atoms with van der Waals surface area (Å²) < 4.78 is 26.1. The lowest BCUT2D eigenvalue weighted by Gasteiger charge is -2.32. The molecule has 0 atom stereocenters. The highest BCUT2D eigenvalue weighted by molar-refractivity contribution is 5.92. The van der Waals surface area contributed by atoms with Gasteiger partial charge in [-0.05, 0) is 12.8 Å². The number of nitrogens with one attached hydrogen (secondary N) is 2. The maximum Gasteiger partial charge on any atom is 0.251 e. The summed E-state index contributed by atoms with van der Waals surface area (Å²) in [4.78, 5) is 5.61. The number of nitrogens with zero attached hydrogens (tertiary/aromatic N) is 2. The van der Waals surface area contributed by atoms with E-state index in [1.54, 1.807) is 4.90 Å². The lowest BCUT2D eigenvalue weighted by atomic mass is 9.96. The summed E-state index contributed by atoms with van der Waals surface area (Å²) in [7, 11) is 0. The molecule has 0 amide bonds. The average molecular weight is 324 g/mol. The van der Waals surface area contributed by atoms with E-state index in [4.69, 9.17) is 11.1 Å². The van der Waals surface area contributed by atoms with Crippen LogP contribution in [0.1, 0.15) is 44.9 Å². The highest BCUT2D eigenvalue weighted by Gasteiger charge is 2.34. The maximum atomic E-state index is 13.1. The van der Waals surface area contributed by atoms with Crippen molar-refractivity contribution in [1.82, 2.24) is 10.2 Å². The molecule has 2 rings (SSSR count). The van der Waals surface area contributed by atoms with Crippen LogP contribution in [0.5, 0.6) is 0 Å². The van der Waals surface area contributed by atoms with Crippen LogP contribution in [0.25, 0.3) is 0 Å². The van der Waals surface area contributed by atoms with Gasteiger partial charge in [0.2, 0.25) is 5.96 Å². The molecule has 1 saturated heterocycles. The average Bonchev–Trinajstić information content (AvgIpc) is 2.39. The van der Waals surface area contributed by atoms with E-state index in [0.29, 0.717) is 6.04 Å². The Kier molecular flexibility index (Phi) is 6.64. The third-order valence-electron chi connectivity index (χ3n) is 3.99. The van der Waals surface area contributed by atoms with Gasteiger partial charge in [-0.15, -0.1) is 12.4 Å². The number of nitrogens with two attached hydrogens (primary N) is 1. The van der Waals surface area contributed by atoms with E-state index >= 15 is 0 Å². The van der Waals surface area contributed by atoms with Gasteiger partial charge in [-0.25, -0.2) is 8.78 Å². The van der Waals surface area contributed by atoms with E-state index in [-0.39, 0.29) is 50.3 Å². The van der Waals surface area contributed by atoms with Crippen LogP contribution in [0.2, 0.25) is 0 Å². The standard InChI is InChI=1S/C13H23F2N5.ClH/c14-13(15)6-8-20(9-7-13)12(17)19-11(16)18-10-4-2-1-3-5-10;/h10H,1-9H2,(H4,16,17,18,19);1H. The van der Waals surface area contributed by atoms with E-state index in [2.05, 4.69) is 10.3 Å². The zero-order chi connectivity index (χ0) is 14.6. The lowest BCUT2D eigenvalue weighted by Crippen LogP contribution is -2.47. The highest BCUT2D eigenvalue weighted by Crippen LogP contribution is 2.27. The maximum absolute atomic E-state index is 13.1. The molecule has 0 bridgehead atoms. The van der Waals surface area contributed by atoms with Crippen molar-refractivity contribution in [3.8, 4) is 0 Å². The summed E-state index contributed by atoms with van der Waals surface area (Å²) in [6.45, 7) is 0.387. The second kappa shape index (κ2) is 7.77. The van der Waals surface area contributed by atoms with Crippen LogP contribution in [-0.4, -0.2) is 41.9 Å². The van der Waals surface area contributed by atoms with Crippen molar-refractivity contribution in [2.75, 3.05) is 13.1 Å². The quantitative estimate of drug-likeness (QED) is 0.512. The summed E-state index contributed by atoms with van der Waals surface area (Å²) in [5.74, 6) is -2.40. The van der Waals surface area contributed by atoms with E-state index in [0.717, 1.165) is 12.8 Å². The predicted octanol–water partition coefficient (Wildman–Crippen LogP) is 2.31. The van der Waals surface area contributed by atoms with Gasteiger partial charge in [0.1, 0.15) is 0 Å². The Balaban J connectivity index is 0.00000220. The van der Waals surface area contributed by atoms with Gasteiger partial charge in [0.25, 0.3) is 5.92 Å². The second-order valence-corrected chi connectivity index (χ2v) is 5.64. The summed E-state index contributed by atoms with van der Waals surface area (Å²) in [5.41, 5.74) is 5.79.